The van der Waals surface area contributed by atoms with Crippen LogP contribution in [-0.2, 0) is 16.0 Å². The summed E-state index contributed by atoms with van der Waals surface area (Å²) < 4.78 is 5.28. The van der Waals surface area contributed by atoms with Gasteiger partial charge in [-0.25, -0.2) is 9.97 Å². The molecule has 2 heterocycles. The number of carbonyl (C=O) groups is 1. The quantitative estimate of drug-likeness (QED) is 0.858. The summed E-state index contributed by atoms with van der Waals surface area (Å²) in [7, 11) is 0. The molecular weight excluding hydrogens is 286 g/mol. The summed E-state index contributed by atoms with van der Waals surface area (Å²) in [6.45, 7) is 8.21. The average Bonchev–Trinajstić information content (AvgIpc) is 2.80. The zero-order valence-corrected chi connectivity index (χ0v) is 13.7. The van der Waals surface area contributed by atoms with E-state index in [2.05, 4.69) is 28.3 Å². The first-order valence-electron chi connectivity index (χ1n) is 7.08. The fourth-order valence-electron chi connectivity index (χ4n) is 1.90. The number of esters is 1. The maximum atomic E-state index is 11.7. The predicted octanol–water partition coefficient (Wildman–Crippen LogP) is 3.40. The molecule has 2 aromatic heterocycles. The standard InChI is InChI=1S/C15H21N3O2S/c1-5-10-8-11-13(17-9-18-14(11)21-10)16-7-6-12(19)20-15(2,3)4/h8-9H,5-7H2,1-4H3,(H,16,17,18). The molecule has 0 atom stereocenters. The molecule has 5 nitrogen and oxygen atoms in total. The van der Waals surface area contributed by atoms with Gasteiger partial charge < -0.3 is 10.1 Å². The van der Waals surface area contributed by atoms with Crippen LogP contribution in [-0.4, -0.2) is 28.1 Å². The second kappa shape index (κ2) is 6.39. The molecule has 2 rings (SSSR count). The van der Waals surface area contributed by atoms with Crippen molar-refractivity contribution in [1.82, 2.24) is 9.97 Å². The van der Waals surface area contributed by atoms with Crippen LogP contribution in [0.15, 0.2) is 12.4 Å². The molecule has 0 aliphatic rings. The zero-order chi connectivity index (χ0) is 15.5. The molecule has 0 aliphatic heterocycles. The molecule has 114 valence electrons. The van der Waals surface area contributed by atoms with Crippen LogP contribution in [0.25, 0.3) is 10.2 Å². The number of hydrogen-bond donors (Lipinski definition) is 1. The van der Waals surface area contributed by atoms with E-state index < -0.39 is 5.60 Å². The zero-order valence-electron chi connectivity index (χ0n) is 12.9. The molecule has 2 aromatic rings. The number of anilines is 1. The molecular formula is C15H21N3O2S. The summed E-state index contributed by atoms with van der Waals surface area (Å²) in [6, 6.07) is 2.11. The van der Waals surface area contributed by atoms with Crippen molar-refractivity contribution in [2.24, 2.45) is 0 Å². The first-order valence-corrected chi connectivity index (χ1v) is 7.90. The van der Waals surface area contributed by atoms with Crippen molar-refractivity contribution in [2.75, 3.05) is 11.9 Å². The van der Waals surface area contributed by atoms with Gasteiger partial charge in [0, 0.05) is 11.4 Å². The third kappa shape index (κ3) is 4.39. The summed E-state index contributed by atoms with van der Waals surface area (Å²) in [6.07, 6.45) is 2.85. The molecule has 0 unspecified atom stereocenters. The summed E-state index contributed by atoms with van der Waals surface area (Å²) >= 11 is 1.68. The Morgan fingerprint density at radius 1 is 1.38 bits per heavy atom. The Morgan fingerprint density at radius 2 is 2.14 bits per heavy atom. The van der Waals surface area contributed by atoms with Gasteiger partial charge in [0.05, 0.1) is 11.8 Å². The van der Waals surface area contributed by atoms with E-state index in [1.54, 1.807) is 17.7 Å². The minimum absolute atomic E-state index is 0.208. The molecule has 0 radical (unpaired) electrons. The number of aryl methyl sites for hydroxylation is 1. The predicted molar refractivity (Wildman–Crippen MR) is 85.7 cm³/mol. The van der Waals surface area contributed by atoms with Crippen molar-refractivity contribution < 1.29 is 9.53 Å². The highest BCUT2D eigenvalue weighted by molar-refractivity contribution is 7.18. The van der Waals surface area contributed by atoms with Crippen molar-refractivity contribution in [3.8, 4) is 0 Å². The number of fused-ring (bicyclic) bond motifs is 1. The lowest BCUT2D eigenvalue weighted by Crippen LogP contribution is -2.25. The van der Waals surface area contributed by atoms with Gasteiger partial charge in [0.25, 0.3) is 0 Å². The summed E-state index contributed by atoms with van der Waals surface area (Å²) in [5.41, 5.74) is -0.442. The number of ether oxygens (including phenoxy) is 1. The van der Waals surface area contributed by atoms with E-state index in [1.807, 2.05) is 20.8 Å². The van der Waals surface area contributed by atoms with Crippen LogP contribution in [0.2, 0.25) is 0 Å². The van der Waals surface area contributed by atoms with Gasteiger partial charge in [-0.15, -0.1) is 11.3 Å². The topological polar surface area (TPSA) is 64.1 Å². The van der Waals surface area contributed by atoms with Gasteiger partial charge >= 0.3 is 5.97 Å². The van der Waals surface area contributed by atoms with Crippen LogP contribution in [0, 0.1) is 0 Å². The van der Waals surface area contributed by atoms with E-state index in [-0.39, 0.29) is 5.97 Å². The number of nitrogens with zero attached hydrogens (tertiary/aromatic N) is 2. The Hall–Kier alpha value is -1.69. The number of aromatic nitrogens is 2. The highest BCUT2D eigenvalue weighted by Gasteiger charge is 2.16. The molecule has 0 saturated carbocycles. The Balaban J connectivity index is 1.97. The SMILES string of the molecule is CCc1cc2c(NCCC(=O)OC(C)(C)C)ncnc2s1. The first-order chi connectivity index (χ1) is 9.89. The van der Waals surface area contributed by atoms with Crippen LogP contribution in [0.3, 0.4) is 0 Å². The highest BCUT2D eigenvalue weighted by Crippen LogP contribution is 2.28. The fourth-order valence-corrected chi connectivity index (χ4v) is 2.83. The summed E-state index contributed by atoms with van der Waals surface area (Å²) in [4.78, 5) is 22.5. The maximum absolute atomic E-state index is 11.7. The number of thiophene rings is 1. The van der Waals surface area contributed by atoms with Crippen LogP contribution in [0.4, 0.5) is 5.82 Å². The van der Waals surface area contributed by atoms with Crippen molar-refractivity contribution in [3.05, 3.63) is 17.3 Å². The van der Waals surface area contributed by atoms with Gasteiger partial charge in [0.1, 0.15) is 22.6 Å². The molecule has 0 saturated heterocycles. The average molecular weight is 307 g/mol. The normalized spacial score (nSPS) is 11.6. The molecule has 0 spiro atoms. The molecule has 0 bridgehead atoms. The summed E-state index contributed by atoms with van der Waals surface area (Å²) in [5.74, 6) is 0.569. The van der Waals surface area contributed by atoms with Crippen molar-refractivity contribution >= 4 is 33.3 Å². The Labute approximate surface area is 128 Å². The van der Waals surface area contributed by atoms with E-state index in [0.717, 1.165) is 22.5 Å². The molecule has 1 N–H and O–H groups in total. The monoisotopic (exact) mass is 307 g/mol. The number of hydrogen-bond acceptors (Lipinski definition) is 6. The van der Waals surface area contributed by atoms with Crippen LogP contribution in [0.1, 0.15) is 39.0 Å². The smallest absolute Gasteiger partial charge is 0.308 e. The number of carbonyl (C=O) groups excluding carboxylic acids is 1. The van der Waals surface area contributed by atoms with E-state index in [4.69, 9.17) is 4.74 Å². The lowest BCUT2D eigenvalue weighted by atomic mass is 10.2. The molecule has 0 amide bonds. The fraction of sp³-hybridized carbons (Fsp3) is 0.533. The van der Waals surface area contributed by atoms with Gasteiger partial charge in [-0.2, -0.15) is 0 Å². The minimum Gasteiger partial charge on any atom is -0.460 e. The van der Waals surface area contributed by atoms with Crippen LogP contribution in [0.5, 0.6) is 0 Å². The third-order valence-electron chi connectivity index (χ3n) is 2.77. The van der Waals surface area contributed by atoms with Gasteiger partial charge in [-0.3, -0.25) is 4.79 Å². The lowest BCUT2D eigenvalue weighted by molar-refractivity contribution is -0.154. The van der Waals surface area contributed by atoms with Gasteiger partial charge in [0.15, 0.2) is 0 Å². The summed E-state index contributed by atoms with van der Waals surface area (Å²) in [5, 5.41) is 4.21. The van der Waals surface area contributed by atoms with E-state index in [9.17, 15) is 4.79 Å². The molecule has 6 heteroatoms. The van der Waals surface area contributed by atoms with Crippen molar-refractivity contribution in [3.63, 3.8) is 0 Å². The maximum Gasteiger partial charge on any atom is 0.308 e. The van der Waals surface area contributed by atoms with Crippen molar-refractivity contribution in [2.45, 2.75) is 46.1 Å². The Kier molecular flexibility index (Phi) is 4.77. The molecule has 21 heavy (non-hydrogen) atoms. The van der Waals surface area contributed by atoms with Crippen molar-refractivity contribution in [1.29, 1.82) is 0 Å². The molecule has 0 aliphatic carbocycles. The molecule has 0 fully saturated rings. The van der Waals surface area contributed by atoms with Gasteiger partial charge in [-0.1, -0.05) is 6.92 Å². The van der Waals surface area contributed by atoms with E-state index in [0.29, 0.717) is 13.0 Å². The van der Waals surface area contributed by atoms with Gasteiger partial charge in [0.2, 0.25) is 0 Å². The van der Waals surface area contributed by atoms with Crippen LogP contribution >= 0.6 is 11.3 Å². The minimum atomic E-state index is -0.442. The van der Waals surface area contributed by atoms with E-state index in [1.165, 1.54) is 4.88 Å². The van der Waals surface area contributed by atoms with E-state index >= 15 is 0 Å². The lowest BCUT2D eigenvalue weighted by Gasteiger charge is -2.19. The second-order valence-corrected chi connectivity index (χ2v) is 6.89. The largest absolute Gasteiger partial charge is 0.460 e. The van der Waals surface area contributed by atoms with Gasteiger partial charge in [-0.05, 0) is 33.3 Å². The van der Waals surface area contributed by atoms with Crippen LogP contribution < -0.4 is 5.32 Å². The third-order valence-corrected chi connectivity index (χ3v) is 3.96. The molecule has 0 aromatic carbocycles. The first kappa shape index (κ1) is 15.7. The highest BCUT2D eigenvalue weighted by atomic mass is 32.1. The number of nitrogens with one attached hydrogen (secondary N) is 1. The Bertz CT molecular complexity index is 631. The number of rotatable bonds is 5. The second-order valence-electron chi connectivity index (χ2n) is 5.77. The Morgan fingerprint density at radius 3 is 2.81 bits per heavy atom.